The third-order valence-corrected chi connectivity index (χ3v) is 8.37. The summed E-state index contributed by atoms with van der Waals surface area (Å²) in [7, 11) is 0. The van der Waals surface area contributed by atoms with Crippen LogP contribution in [0.3, 0.4) is 0 Å². The van der Waals surface area contributed by atoms with Gasteiger partial charge in [-0.1, -0.05) is 34.1 Å². The minimum Gasteiger partial charge on any atom is -0.458 e. The molecule has 0 aromatic carbocycles. The molecule has 3 N–H and O–H groups in total. The third kappa shape index (κ3) is 6.53. The molecule has 2 fully saturated rings. The fourth-order valence-electron chi connectivity index (χ4n) is 4.92. The second-order valence-corrected chi connectivity index (χ2v) is 11.8. The van der Waals surface area contributed by atoms with Crippen LogP contribution in [-0.2, 0) is 14.3 Å². The van der Waals surface area contributed by atoms with E-state index in [-0.39, 0.29) is 24.2 Å². The van der Waals surface area contributed by atoms with Gasteiger partial charge in [0, 0.05) is 29.8 Å². The maximum Gasteiger partial charge on any atom is 0.309 e. The molecule has 0 radical (unpaired) electrons. The molecular weight excluding hydrogens is 452 g/mol. The Morgan fingerprint density at radius 3 is 2.59 bits per heavy atom. The van der Waals surface area contributed by atoms with Crippen molar-refractivity contribution < 1.29 is 24.5 Å². The van der Waals surface area contributed by atoms with E-state index < -0.39 is 35.6 Å². The molecule has 3 heterocycles. The lowest BCUT2D eigenvalue weighted by atomic mass is 9.73. The average Bonchev–Trinajstić information content (AvgIpc) is 3.38. The molecule has 2 aliphatic heterocycles. The minimum atomic E-state index is -1.21. The van der Waals surface area contributed by atoms with Crippen LogP contribution < -0.4 is 5.32 Å². The van der Waals surface area contributed by atoms with Gasteiger partial charge in [-0.3, -0.25) is 9.59 Å². The SMILES string of the molecule is C/C(=C\c1csc(C)n1)[C@@H]1C[C@@H]2NC2CCC[C@H](C)[C@H](O)[C@@H](C)C(=O)C(C)(C)[C@@H](O)CC(=O)O1. The lowest BCUT2D eigenvalue weighted by Gasteiger charge is -2.34. The van der Waals surface area contributed by atoms with E-state index in [1.807, 2.05) is 32.2 Å². The highest BCUT2D eigenvalue weighted by Gasteiger charge is 2.43. The van der Waals surface area contributed by atoms with E-state index >= 15 is 0 Å². The largest absolute Gasteiger partial charge is 0.458 e. The third-order valence-electron chi connectivity index (χ3n) is 7.58. The fourth-order valence-corrected chi connectivity index (χ4v) is 5.49. The summed E-state index contributed by atoms with van der Waals surface area (Å²) in [5, 5.41) is 28.1. The number of aliphatic hydroxyl groups excluding tert-OH is 2. The zero-order chi connectivity index (χ0) is 25.2. The Bertz CT molecular complexity index is 911. The summed E-state index contributed by atoms with van der Waals surface area (Å²) in [6.07, 6.45) is 2.64. The Hall–Kier alpha value is -1.61. The molecule has 0 aliphatic carbocycles. The Morgan fingerprint density at radius 1 is 1.24 bits per heavy atom. The Kier molecular flexibility index (Phi) is 8.71. The van der Waals surface area contributed by atoms with Crippen LogP contribution in [0.1, 0.15) is 77.4 Å². The first kappa shape index (κ1) is 27.0. The van der Waals surface area contributed by atoms with Crippen LogP contribution in [0.4, 0.5) is 0 Å². The molecule has 1 aromatic rings. The molecule has 2 saturated heterocycles. The number of rotatable bonds is 2. The number of fused-ring (bicyclic) bond motifs is 1. The molecule has 34 heavy (non-hydrogen) atoms. The van der Waals surface area contributed by atoms with Gasteiger partial charge in [0.1, 0.15) is 11.9 Å². The van der Waals surface area contributed by atoms with Crippen molar-refractivity contribution in [2.45, 2.75) is 104 Å². The van der Waals surface area contributed by atoms with Crippen molar-refractivity contribution in [1.29, 1.82) is 0 Å². The number of esters is 1. The first-order valence-corrected chi connectivity index (χ1v) is 13.2. The van der Waals surface area contributed by atoms with Crippen LogP contribution >= 0.6 is 11.3 Å². The monoisotopic (exact) mass is 492 g/mol. The Labute approximate surface area is 207 Å². The molecular formula is C26H40N2O5S. The van der Waals surface area contributed by atoms with Crippen molar-refractivity contribution in [3.8, 4) is 0 Å². The number of aliphatic hydroxyl groups is 2. The molecule has 0 bridgehead atoms. The number of nitrogens with zero attached hydrogens (tertiary/aromatic N) is 1. The second-order valence-electron chi connectivity index (χ2n) is 10.8. The van der Waals surface area contributed by atoms with E-state index in [1.165, 1.54) is 0 Å². The van der Waals surface area contributed by atoms with Gasteiger partial charge in [-0.2, -0.15) is 0 Å². The van der Waals surface area contributed by atoms with Gasteiger partial charge >= 0.3 is 5.97 Å². The van der Waals surface area contributed by atoms with Crippen LogP contribution in [0.5, 0.6) is 0 Å². The van der Waals surface area contributed by atoms with Gasteiger partial charge in [-0.05, 0) is 44.3 Å². The summed E-state index contributed by atoms with van der Waals surface area (Å²) in [6.45, 7) is 10.8. The number of carbonyl (C=O) groups excluding carboxylic acids is 2. The number of cyclic esters (lactones) is 1. The van der Waals surface area contributed by atoms with Gasteiger partial charge in [0.2, 0.25) is 0 Å². The van der Waals surface area contributed by atoms with Crippen molar-refractivity contribution in [2.24, 2.45) is 17.3 Å². The first-order chi connectivity index (χ1) is 15.9. The molecule has 7 atom stereocenters. The summed E-state index contributed by atoms with van der Waals surface area (Å²) in [6, 6.07) is 0.615. The Morgan fingerprint density at radius 2 is 1.94 bits per heavy atom. The van der Waals surface area contributed by atoms with Gasteiger partial charge < -0.3 is 20.3 Å². The standard InChI is InChI=1S/C26H40N2O5S/c1-14-8-7-9-19-20(28-19)11-21(15(2)10-18-13-34-17(4)27-18)33-23(30)12-22(29)26(5,6)25(32)16(3)24(14)31/h10,13-14,16,19-22,24,28-29,31H,7-9,11-12H2,1-6H3/b15-10+/t14-,16+,19?,20-,21-,22-,24-/m0/s1. The smallest absolute Gasteiger partial charge is 0.309 e. The van der Waals surface area contributed by atoms with Gasteiger partial charge in [-0.25, -0.2) is 4.98 Å². The topological polar surface area (TPSA) is 119 Å². The van der Waals surface area contributed by atoms with E-state index in [4.69, 9.17) is 4.74 Å². The lowest BCUT2D eigenvalue weighted by Crippen LogP contribution is -2.45. The maximum atomic E-state index is 13.2. The van der Waals surface area contributed by atoms with Crippen molar-refractivity contribution in [3.05, 3.63) is 21.7 Å². The van der Waals surface area contributed by atoms with E-state index in [0.29, 0.717) is 12.5 Å². The van der Waals surface area contributed by atoms with E-state index in [9.17, 15) is 19.8 Å². The van der Waals surface area contributed by atoms with Crippen LogP contribution in [-0.4, -0.2) is 57.3 Å². The number of thiazole rings is 1. The van der Waals surface area contributed by atoms with Crippen LogP contribution in [0.25, 0.3) is 6.08 Å². The average molecular weight is 493 g/mol. The van der Waals surface area contributed by atoms with Gasteiger partial charge in [0.05, 0.1) is 34.7 Å². The lowest BCUT2D eigenvalue weighted by molar-refractivity contribution is -0.154. The Balaban J connectivity index is 1.81. The number of nitrogens with one attached hydrogen (secondary N) is 1. The van der Waals surface area contributed by atoms with Crippen molar-refractivity contribution in [3.63, 3.8) is 0 Å². The number of hydrogen-bond donors (Lipinski definition) is 3. The summed E-state index contributed by atoms with van der Waals surface area (Å²) >= 11 is 1.57. The van der Waals surface area contributed by atoms with Gasteiger partial charge in [0.25, 0.3) is 0 Å². The summed E-state index contributed by atoms with van der Waals surface area (Å²) in [4.78, 5) is 30.5. The molecule has 2 aliphatic rings. The number of Topliss-reactive ketones (excluding diaryl/α,β-unsaturated/α-hetero) is 1. The van der Waals surface area contributed by atoms with E-state index in [0.717, 1.165) is 35.5 Å². The fraction of sp³-hybridized carbons (Fsp3) is 0.731. The molecule has 1 unspecified atom stereocenters. The van der Waals surface area contributed by atoms with Crippen molar-refractivity contribution in [1.82, 2.24) is 10.3 Å². The molecule has 0 saturated carbocycles. The minimum absolute atomic E-state index is 0.0264. The quantitative estimate of drug-likeness (QED) is 0.426. The van der Waals surface area contributed by atoms with Crippen LogP contribution in [0, 0.1) is 24.2 Å². The number of ether oxygens (including phenoxy) is 1. The van der Waals surface area contributed by atoms with Crippen LogP contribution in [0.15, 0.2) is 11.0 Å². The van der Waals surface area contributed by atoms with E-state index in [1.54, 1.807) is 32.1 Å². The maximum absolute atomic E-state index is 13.2. The predicted molar refractivity (Wildman–Crippen MR) is 133 cm³/mol. The number of hydrogen-bond acceptors (Lipinski definition) is 8. The zero-order valence-corrected chi connectivity index (χ0v) is 22.0. The van der Waals surface area contributed by atoms with Gasteiger partial charge in [0.15, 0.2) is 0 Å². The number of aromatic nitrogens is 1. The highest BCUT2D eigenvalue weighted by molar-refractivity contribution is 7.09. The number of carbonyl (C=O) groups is 2. The van der Waals surface area contributed by atoms with E-state index in [2.05, 4.69) is 10.3 Å². The zero-order valence-electron chi connectivity index (χ0n) is 21.2. The van der Waals surface area contributed by atoms with Crippen molar-refractivity contribution >= 4 is 29.2 Å². The highest BCUT2D eigenvalue weighted by atomic mass is 32.1. The van der Waals surface area contributed by atoms with Crippen LogP contribution in [0.2, 0.25) is 0 Å². The molecule has 3 rings (SSSR count). The summed E-state index contributed by atoms with van der Waals surface area (Å²) in [5.41, 5.74) is 0.567. The number of ketones is 1. The van der Waals surface area contributed by atoms with Gasteiger partial charge in [-0.15, -0.1) is 11.3 Å². The normalized spacial score (nSPS) is 36.0. The number of aryl methyl sites for hydroxylation is 1. The molecule has 0 spiro atoms. The first-order valence-electron chi connectivity index (χ1n) is 12.4. The second kappa shape index (κ2) is 11.0. The van der Waals surface area contributed by atoms with Crippen molar-refractivity contribution in [2.75, 3.05) is 0 Å². The highest BCUT2D eigenvalue weighted by Crippen LogP contribution is 2.33. The molecule has 8 heteroatoms. The molecule has 1 aromatic heterocycles. The molecule has 190 valence electrons. The molecule has 0 amide bonds. The summed E-state index contributed by atoms with van der Waals surface area (Å²) < 4.78 is 5.86. The molecule has 7 nitrogen and oxygen atoms in total. The summed E-state index contributed by atoms with van der Waals surface area (Å²) in [5.74, 6) is -1.43. The predicted octanol–water partition coefficient (Wildman–Crippen LogP) is 3.66.